The summed E-state index contributed by atoms with van der Waals surface area (Å²) in [6.07, 6.45) is 6.30. The third-order valence-electron chi connectivity index (χ3n) is 5.08. The fraction of sp³-hybridized carbons (Fsp3) is 0.800. The fourth-order valence-corrected chi connectivity index (χ4v) is 5.25. The highest BCUT2D eigenvalue weighted by atomic mass is 16.5. The van der Waals surface area contributed by atoms with Crippen LogP contribution in [0.1, 0.15) is 45.4 Å². The van der Waals surface area contributed by atoms with Gasteiger partial charge in [-0.2, -0.15) is 0 Å². The van der Waals surface area contributed by atoms with E-state index in [4.69, 9.17) is 4.74 Å². The molecule has 0 amide bonds. The number of hydrogen-bond acceptors (Lipinski definition) is 4. The minimum absolute atomic E-state index is 0.235. The Hall–Kier alpha value is -0.870. The summed E-state index contributed by atoms with van der Waals surface area (Å²) in [5.41, 5.74) is -1.15. The first kappa shape index (κ1) is 13.1. The molecule has 4 aliphatic carbocycles. The Morgan fingerprint density at radius 1 is 1.16 bits per heavy atom. The van der Waals surface area contributed by atoms with Gasteiger partial charge in [0.1, 0.15) is 0 Å². The molecule has 106 valence electrons. The van der Waals surface area contributed by atoms with Crippen LogP contribution in [0.4, 0.5) is 0 Å². The predicted molar refractivity (Wildman–Crippen MR) is 69.3 cm³/mol. The number of aliphatic hydroxyl groups is 2. The summed E-state index contributed by atoms with van der Waals surface area (Å²) in [6, 6.07) is 0. The van der Waals surface area contributed by atoms with Crippen LogP contribution in [0, 0.1) is 11.3 Å². The van der Waals surface area contributed by atoms with E-state index in [0.717, 1.165) is 19.3 Å². The zero-order valence-electron chi connectivity index (χ0n) is 11.6. The van der Waals surface area contributed by atoms with Crippen molar-refractivity contribution in [2.75, 3.05) is 7.11 Å². The molecule has 4 fully saturated rings. The maximum atomic E-state index is 11.6. The normalized spacial score (nSPS) is 48.4. The maximum absolute atomic E-state index is 11.6. The highest BCUT2D eigenvalue weighted by Gasteiger charge is 2.62. The molecular formula is C15H22O4. The molecule has 4 saturated carbocycles. The minimum atomic E-state index is -0.749. The van der Waals surface area contributed by atoms with Gasteiger partial charge in [0.15, 0.2) is 0 Å². The van der Waals surface area contributed by atoms with Gasteiger partial charge in [-0.15, -0.1) is 0 Å². The predicted octanol–water partition coefficient (Wildman–Crippen LogP) is 1.55. The second-order valence-electron chi connectivity index (χ2n) is 7.14. The van der Waals surface area contributed by atoms with E-state index in [2.05, 4.69) is 0 Å². The molecule has 0 spiro atoms. The Morgan fingerprint density at radius 2 is 1.74 bits per heavy atom. The van der Waals surface area contributed by atoms with Gasteiger partial charge in [-0.1, -0.05) is 6.08 Å². The van der Waals surface area contributed by atoms with E-state index in [1.54, 1.807) is 6.92 Å². The van der Waals surface area contributed by atoms with Crippen molar-refractivity contribution in [3.63, 3.8) is 0 Å². The van der Waals surface area contributed by atoms with Gasteiger partial charge in [-0.3, -0.25) is 0 Å². The van der Waals surface area contributed by atoms with Crippen molar-refractivity contribution in [3.8, 4) is 0 Å². The summed E-state index contributed by atoms with van der Waals surface area (Å²) >= 11 is 0. The molecule has 2 N–H and O–H groups in total. The molecule has 0 aromatic carbocycles. The summed E-state index contributed by atoms with van der Waals surface area (Å²) in [6.45, 7) is 1.75. The molecule has 0 saturated heterocycles. The van der Waals surface area contributed by atoms with Crippen LogP contribution in [0.2, 0.25) is 0 Å². The lowest BCUT2D eigenvalue weighted by atomic mass is 9.46. The Bertz CT molecular complexity index is 435. The van der Waals surface area contributed by atoms with Gasteiger partial charge in [-0.25, -0.2) is 4.79 Å². The summed E-state index contributed by atoms with van der Waals surface area (Å²) in [5, 5.41) is 21.3. The van der Waals surface area contributed by atoms with E-state index in [1.807, 2.05) is 6.08 Å². The number of hydrogen-bond donors (Lipinski definition) is 2. The molecule has 2 atom stereocenters. The van der Waals surface area contributed by atoms with Crippen molar-refractivity contribution in [1.29, 1.82) is 0 Å². The summed E-state index contributed by atoms with van der Waals surface area (Å²) < 4.78 is 4.74. The van der Waals surface area contributed by atoms with E-state index in [1.165, 1.54) is 7.11 Å². The SMILES string of the molecule is COC(=O)C(C)=CC12CC3CC(O)(CC(O)(C3)C1)C2. The molecule has 4 bridgehead atoms. The van der Waals surface area contributed by atoms with E-state index in [0.29, 0.717) is 30.8 Å². The van der Waals surface area contributed by atoms with Crippen molar-refractivity contribution in [2.45, 2.75) is 56.7 Å². The van der Waals surface area contributed by atoms with Crippen molar-refractivity contribution in [3.05, 3.63) is 11.6 Å². The van der Waals surface area contributed by atoms with Gasteiger partial charge in [0.05, 0.1) is 18.3 Å². The molecule has 4 heteroatoms. The van der Waals surface area contributed by atoms with Crippen LogP contribution < -0.4 is 0 Å². The van der Waals surface area contributed by atoms with Crippen LogP contribution in [0.5, 0.6) is 0 Å². The van der Waals surface area contributed by atoms with Crippen LogP contribution in [0.25, 0.3) is 0 Å². The minimum Gasteiger partial charge on any atom is -0.466 e. The molecule has 4 rings (SSSR count). The Kier molecular flexibility index (Phi) is 2.64. The lowest BCUT2D eigenvalue weighted by Crippen LogP contribution is -2.62. The molecule has 0 aromatic rings. The van der Waals surface area contributed by atoms with Crippen LogP contribution in [-0.2, 0) is 9.53 Å². The number of methoxy groups -OCH3 is 1. The summed E-state index contributed by atoms with van der Waals surface area (Å²) in [4.78, 5) is 11.6. The number of carbonyl (C=O) groups excluding carboxylic acids is 1. The van der Waals surface area contributed by atoms with E-state index < -0.39 is 11.2 Å². The van der Waals surface area contributed by atoms with Gasteiger partial charge in [0.2, 0.25) is 0 Å². The third kappa shape index (κ3) is 2.11. The maximum Gasteiger partial charge on any atom is 0.333 e. The molecule has 0 radical (unpaired) electrons. The Balaban J connectivity index is 1.95. The number of rotatable bonds is 2. The van der Waals surface area contributed by atoms with Crippen molar-refractivity contribution < 1.29 is 19.7 Å². The van der Waals surface area contributed by atoms with Crippen molar-refractivity contribution in [1.82, 2.24) is 0 Å². The molecule has 0 aromatic heterocycles. The largest absolute Gasteiger partial charge is 0.466 e. The standard InChI is InChI=1S/C15H22O4/c1-10(12(16)19-2)3-13-4-11-5-14(17,7-13)9-15(18,6-11)8-13/h3,11,17-18H,4-9H2,1-2H3. The van der Waals surface area contributed by atoms with Gasteiger partial charge in [-0.05, 0) is 50.4 Å². The quantitative estimate of drug-likeness (QED) is 0.588. The Morgan fingerprint density at radius 3 is 2.21 bits per heavy atom. The number of carbonyl (C=O) groups is 1. The van der Waals surface area contributed by atoms with E-state index in [9.17, 15) is 15.0 Å². The van der Waals surface area contributed by atoms with Gasteiger partial charge in [0.25, 0.3) is 0 Å². The average Bonchev–Trinajstić information content (AvgIpc) is 2.21. The first-order chi connectivity index (χ1) is 8.77. The van der Waals surface area contributed by atoms with E-state index >= 15 is 0 Å². The van der Waals surface area contributed by atoms with Crippen molar-refractivity contribution in [2.24, 2.45) is 11.3 Å². The zero-order valence-corrected chi connectivity index (χ0v) is 11.6. The molecule has 0 aliphatic heterocycles. The van der Waals surface area contributed by atoms with Gasteiger partial charge >= 0.3 is 5.97 Å². The first-order valence-electron chi connectivity index (χ1n) is 7.00. The molecule has 2 unspecified atom stereocenters. The topological polar surface area (TPSA) is 66.8 Å². The average molecular weight is 266 g/mol. The zero-order chi connectivity index (χ0) is 13.9. The number of esters is 1. The second kappa shape index (κ2) is 3.83. The van der Waals surface area contributed by atoms with Gasteiger partial charge < -0.3 is 14.9 Å². The molecule has 4 aliphatic rings. The Labute approximate surface area is 113 Å². The molecular weight excluding hydrogens is 244 g/mol. The van der Waals surface area contributed by atoms with Crippen molar-refractivity contribution >= 4 is 5.97 Å². The molecule has 19 heavy (non-hydrogen) atoms. The number of allylic oxidation sites excluding steroid dienone is 1. The highest BCUT2D eigenvalue weighted by Crippen LogP contribution is 2.63. The summed E-state index contributed by atoms with van der Waals surface area (Å²) in [7, 11) is 1.38. The van der Waals surface area contributed by atoms with Crippen LogP contribution in [0.15, 0.2) is 11.6 Å². The lowest BCUT2D eigenvalue weighted by Gasteiger charge is -2.62. The van der Waals surface area contributed by atoms with Crippen LogP contribution in [-0.4, -0.2) is 34.5 Å². The number of ether oxygens (including phenoxy) is 1. The summed E-state index contributed by atoms with van der Waals surface area (Å²) in [5.74, 6) is 0.0441. The lowest BCUT2D eigenvalue weighted by molar-refractivity contribution is -0.217. The second-order valence-corrected chi connectivity index (χ2v) is 7.14. The van der Waals surface area contributed by atoms with Crippen LogP contribution in [0.3, 0.4) is 0 Å². The fourth-order valence-electron chi connectivity index (χ4n) is 5.25. The highest BCUT2D eigenvalue weighted by molar-refractivity contribution is 5.87. The van der Waals surface area contributed by atoms with Crippen LogP contribution >= 0.6 is 0 Å². The monoisotopic (exact) mass is 266 g/mol. The molecule has 0 heterocycles. The van der Waals surface area contributed by atoms with Gasteiger partial charge in [0, 0.05) is 12.0 Å². The smallest absolute Gasteiger partial charge is 0.333 e. The van der Waals surface area contributed by atoms with E-state index in [-0.39, 0.29) is 11.4 Å². The third-order valence-corrected chi connectivity index (χ3v) is 5.08. The first-order valence-corrected chi connectivity index (χ1v) is 7.00. The molecule has 4 nitrogen and oxygen atoms in total.